The van der Waals surface area contributed by atoms with Crippen LogP contribution in [0.15, 0.2) is 0 Å². The zero-order valence-corrected chi connectivity index (χ0v) is 23.2. The highest BCUT2D eigenvalue weighted by Crippen LogP contribution is 2.37. The van der Waals surface area contributed by atoms with E-state index in [-0.39, 0.29) is 61.4 Å². The maximum absolute atomic E-state index is 13.8. The normalized spacial score (nSPS) is 22.4. The van der Waals surface area contributed by atoms with Crippen LogP contribution < -0.4 is 0 Å². The number of hydrogen-bond donors (Lipinski definition) is 2. The van der Waals surface area contributed by atoms with Crippen molar-refractivity contribution in [2.75, 3.05) is 19.6 Å². The average Bonchev–Trinajstić information content (AvgIpc) is 3.62. The van der Waals surface area contributed by atoms with E-state index < -0.39 is 35.8 Å². The van der Waals surface area contributed by atoms with Crippen LogP contribution in [0.2, 0.25) is 0 Å². The predicted octanol–water partition coefficient (Wildman–Crippen LogP) is 3.92. The lowest BCUT2D eigenvalue weighted by Gasteiger charge is -2.44. The molecule has 3 heterocycles. The fourth-order valence-electron chi connectivity index (χ4n) is 5.84. The number of aliphatic hydroxyl groups excluding tert-OH is 1. The summed E-state index contributed by atoms with van der Waals surface area (Å²) in [4.78, 5) is 38.0. The van der Waals surface area contributed by atoms with Crippen molar-refractivity contribution in [2.24, 2.45) is 11.8 Å². The number of likely N-dealkylation sites (tertiary alicyclic amines) is 1. The van der Waals surface area contributed by atoms with Crippen molar-refractivity contribution in [3.63, 3.8) is 0 Å². The molecule has 9 nitrogen and oxygen atoms in total. The first kappa shape index (κ1) is 29.5. The average molecular weight is 556 g/mol. The molecule has 4 rings (SSSR count). The summed E-state index contributed by atoms with van der Waals surface area (Å²) in [6.45, 7) is 8.13. The van der Waals surface area contributed by atoms with Crippen molar-refractivity contribution >= 4 is 12.0 Å². The molecule has 1 aliphatic carbocycles. The molecule has 0 radical (unpaired) electrons. The highest BCUT2D eigenvalue weighted by Gasteiger charge is 2.41. The van der Waals surface area contributed by atoms with Crippen molar-refractivity contribution in [3.05, 3.63) is 22.8 Å². The summed E-state index contributed by atoms with van der Waals surface area (Å²) in [5.41, 5.74) is -1.36. The third kappa shape index (κ3) is 7.19. The first-order chi connectivity index (χ1) is 18.1. The van der Waals surface area contributed by atoms with Crippen LogP contribution in [-0.4, -0.2) is 84.3 Å². The van der Waals surface area contributed by atoms with Crippen molar-refractivity contribution in [2.45, 2.75) is 103 Å². The van der Waals surface area contributed by atoms with Gasteiger partial charge in [0, 0.05) is 56.5 Å². The molecule has 0 aromatic carbocycles. The second-order valence-electron chi connectivity index (χ2n) is 12.4. The molecule has 218 valence electrons. The van der Waals surface area contributed by atoms with E-state index in [2.05, 4.69) is 9.97 Å². The summed E-state index contributed by atoms with van der Waals surface area (Å²) in [6, 6.07) is -0.713. The van der Waals surface area contributed by atoms with Crippen LogP contribution in [0, 0.1) is 11.8 Å². The number of fused-ring (bicyclic) bond motifs is 1. The summed E-state index contributed by atoms with van der Waals surface area (Å²) in [5.74, 6) is 0.737. The fourth-order valence-corrected chi connectivity index (χ4v) is 5.84. The maximum atomic E-state index is 13.8. The smallest absolute Gasteiger partial charge is 0.433 e. The standard InChI is InChI=1S/C27H40F3N5O4/c1-16-5-8-22(36)34(13-16)14-18(35(25(38)39)26(2,3)4)12-23(37)33-10-9-19-20(15-33)31-21(11-17-6-7-17)32-24(19)27(28,29)30/h16-18,23,37H,5-15H2,1-4H3,(H,38,39)/t16-,18+,23?/m1/s1. The Balaban J connectivity index is 1.57. The van der Waals surface area contributed by atoms with Gasteiger partial charge in [-0.2, -0.15) is 13.2 Å². The molecule has 0 bridgehead atoms. The van der Waals surface area contributed by atoms with Gasteiger partial charge in [0.1, 0.15) is 12.1 Å². The Bertz CT molecular complexity index is 1070. The predicted molar refractivity (Wildman–Crippen MR) is 137 cm³/mol. The number of nitrogens with zero attached hydrogens (tertiary/aromatic N) is 5. The van der Waals surface area contributed by atoms with Crippen molar-refractivity contribution in [1.82, 2.24) is 24.7 Å². The molecular formula is C27H40F3N5O4. The van der Waals surface area contributed by atoms with Gasteiger partial charge in [-0.05, 0) is 58.3 Å². The number of aliphatic hydroxyl groups is 1. The number of alkyl halides is 3. The number of carbonyl (C=O) groups excluding carboxylic acids is 1. The molecule has 2 N–H and O–H groups in total. The number of hydrogen-bond acceptors (Lipinski definition) is 6. The molecule has 1 saturated carbocycles. The van der Waals surface area contributed by atoms with Crippen LogP contribution in [0.1, 0.15) is 82.6 Å². The van der Waals surface area contributed by atoms with Gasteiger partial charge >= 0.3 is 12.3 Å². The Morgan fingerprint density at radius 3 is 2.44 bits per heavy atom. The lowest BCUT2D eigenvalue weighted by molar-refractivity contribution is -0.142. The van der Waals surface area contributed by atoms with Gasteiger partial charge in [0.15, 0.2) is 5.69 Å². The largest absolute Gasteiger partial charge is 0.465 e. The maximum Gasteiger partial charge on any atom is 0.433 e. The molecule has 1 aromatic heterocycles. The zero-order chi connectivity index (χ0) is 28.7. The highest BCUT2D eigenvalue weighted by molar-refractivity contribution is 5.77. The van der Waals surface area contributed by atoms with E-state index in [0.717, 1.165) is 19.3 Å². The fraction of sp³-hybridized carbons (Fsp3) is 0.778. The van der Waals surface area contributed by atoms with Crippen LogP contribution in [0.25, 0.3) is 0 Å². The van der Waals surface area contributed by atoms with E-state index in [4.69, 9.17) is 0 Å². The second kappa shape index (κ2) is 11.2. The van der Waals surface area contributed by atoms with Crippen LogP contribution in [-0.2, 0) is 30.4 Å². The third-order valence-electron chi connectivity index (χ3n) is 7.94. The van der Waals surface area contributed by atoms with Gasteiger partial charge in [-0.25, -0.2) is 14.8 Å². The molecular weight excluding hydrogens is 515 g/mol. The number of carbonyl (C=O) groups is 2. The van der Waals surface area contributed by atoms with E-state index >= 15 is 0 Å². The molecule has 12 heteroatoms. The van der Waals surface area contributed by atoms with Crippen LogP contribution in [0.4, 0.5) is 18.0 Å². The van der Waals surface area contributed by atoms with Crippen molar-refractivity contribution < 1.29 is 33.0 Å². The van der Waals surface area contributed by atoms with Crippen molar-refractivity contribution in [3.8, 4) is 0 Å². The first-order valence-electron chi connectivity index (χ1n) is 13.8. The highest BCUT2D eigenvalue weighted by atomic mass is 19.4. The molecule has 1 aromatic rings. The molecule has 2 fully saturated rings. The lowest BCUT2D eigenvalue weighted by atomic mass is 9.96. The van der Waals surface area contributed by atoms with Crippen LogP contribution in [0.3, 0.4) is 0 Å². The summed E-state index contributed by atoms with van der Waals surface area (Å²) in [5, 5.41) is 21.4. The van der Waals surface area contributed by atoms with Gasteiger partial charge < -0.3 is 15.1 Å². The summed E-state index contributed by atoms with van der Waals surface area (Å²) in [6.07, 6.45) is -3.36. The van der Waals surface area contributed by atoms with Gasteiger partial charge in [0.25, 0.3) is 0 Å². The Kier molecular flexibility index (Phi) is 8.47. The van der Waals surface area contributed by atoms with E-state index in [1.54, 1.807) is 30.6 Å². The Labute approximate surface area is 227 Å². The van der Waals surface area contributed by atoms with Gasteiger partial charge in [0.05, 0.1) is 11.7 Å². The summed E-state index contributed by atoms with van der Waals surface area (Å²) >= 11 is 0. The minimum atomic E-state index is -4.59. The lowest BCUT2D eigenvalue weighted by Crippen LogP contribution is -2.58. The quantitative estimate of drug-likeness (QED) is 0.500. The van der Waals surface area contributed by atoms with E-state index in [1.165, 1.54) is 4.90 Å². The first-order valence-corrected chi connectivity index (χ1v) is 13.8. The number of amides is 2. The van der Waals surface area contributed by atoms with Crippen LogP contribution >= 0.6 is 0 Å². The Morgan fingerprint density at radius 2 is 1.85 bits per heavy atom. The Hall–Kier alpha value is -2.47. The van der Waals surface area contributed by atoms with Gasteiger partial charge in [-0.15, -0.1) is 0 Å². The minimum absolute atomic E-state index is 0.00318. The number of piperidine rings is 1. The monoisotopic (exact) mass is 555 g/mol. The number of carboxylic acid groups (broad SMARTS) is 1. The molecule has 39 heavy (non-hydrogen) atoms. The number of rotatable bonds is 8. The molecule has 3 atom stereocenters. The zero-order valence-electron chi connectivity index (χ0n) is 23.2. The molecule has 1 saturated heterocycles. The Morgan fingerprint density at radius 1 is 1.15 bits per heavy atom. The summed E-state index contributed by atoms with van der Waals surface area (Å²) < 4.78 is 41.5. The molecule has 1 unspecified atom stereocenters. The third-order valence-corrected chi connectivity index (χ3v) is 7.94. The number of halogens is 3. The van der Waals surface area contributed by atoms with Crippen molar-refractivity contribution in [1.29, 1.82) is 0 Å². The van der Waals surface area contributed by atoms with Gasteiger partial charge in [0.2, 0.25) is 5.91 Å². The molecule has 0 spiro atoms. The second-order valence-corrected chi connectivity index (χ2v) is 12.4. The number of aromatic nitrogens is 2. The molecule has 2 aliphatic heterocycles. The van der Waals surface area contributed by atoms with E-state index in [1.807, 2.05) is 6.92 Å². The van der Waals surface area contributed by atoms with Crippen LogP contribution in [0.5, 0.6) is 0 Å². The van der Waals surface area contributed by atoms with E-state index in [9.17, 15) is 33.0 Å². The van der Waals surface area contributed by atoms with Gasteiger partial charge in [-0.3, -0.25) is 14.6 Å². The van der Waals surface area contributed by atoms with Gasteiger partial charge in [-0.1, -0.05) is 6.92 Å². The SMILES string of the molecule is C[C@@H]1CCC(=O)N(C[C@H](CC(O)N2CCc3c(nc(CC4CC4)nc3C(F)(F)F)C2)N(C(=O)O)C(C)(C)C)C1. The van der Waals surface area contributed by atoms with E-state index in [0.29, 0.717) is 25.3 Å². The molecule has 3 aliphatic rings. The minimum Gasteiger partial charge on any atom is -0.465 e. The topological polar surface area (TPSA) is 110 Å². The molecule has 2 amide bonds. The summed E-state index contributed by atoms with van der Waals surface area (Å²) in [7, 11) is 0.